The van der Waals surface area contributed by atoms with Crippen molar-refractivity contribution in [2.24, 2.45) is 5.92 Å². The third-order valence-electron chi connectivity index (χ3n) is 4.18. The van der Waals surface area contributed by atoms with E-state index in [4.69, 9.17) is 9.47 Å². The standard InChI is InChI=1S/C16H21N3O3/c1-21-14-15(18-9-8-17-14)22-13-7-10-19(11-13)16(20)12-5-3-2-4-6-12/h2-3,8-9,12-13H,4-7,10-11H2,1H3/t12-,13-/m1/s1. The lowest BCUT2D eigenvalue weighted by Crippen LogP contribution is -2.36. The zero-order chi connectivity index (χ0) is 15.4. The number of nitrogens with zero attached hydrogens (tertiary/aromatic N) is 3. The van der Waals surface area contributed by atoms with Gasteiger partial charge in [0.25, 0.3) is 11.8 Å². The van der Waals surface area contributed by atoms with Crippen molar-refractivity contribution in [1.82, 2.24) is 14.9 Å². The van der Waals surface area contributed by atoms with Crippen LogP contribution in [0, 0.1) is 5.92 Å². The van der Waals surface area contributed by atoms with E-state index in [0.29, 0.717) is 18.3 Å². The zero-order valence-electron chi connectivity index (χ0n) is 12.8. The Morgan fingerprint density at radius 1 is 1.23 bits per heavy atom. The number of likely N-dealkylation sites (tertiary alicyclic amines) is 1. The van der Waals surface area contributed by atoms with Gasteiger partial charge in [0.1, 0.15) is 6.10 Å². The SMILES string of the molecule is COc1nccnc1O[C@@H]1CCN(C(=O)[C@@H]2CC=CCC2)C1. The first-order valence-electron chi connectivity index (χ1n) is 7.73. The first-order chi connectivity index (χ1) is 10.8. The van der Waals surface area contributed by atoms with E-state index in [2.05, 4.69) is 22.1 Å². The number of carbonyl (C=O) groups is 1. The number of hydrogen-bond donors (Lipinski definition) is 0. The van der Waals surface area contributed by atoms with Crippen molar-refractivity contribution in [1.29, 1.82) is 0 Å². The number of ether oxygens (including phenoxy) is 2. The van der Waals surface area contributed by atoms with Crippen molar-refractivity contribution in [3.05, 3.63) is 24.5 Å². The smallest absolute Gasteiger partial charge is 0.278 e. The molecule has 1 fully saturated rings. The maximum absolute atomic E-state index is 12.5. The van der Waals surface area contributed by atoms with Crippen LogP contribution in [0.5, 0.6) is 11.8 Å². The van der Waals surface area contributed by atoms with Crippen LogP contribution in [0.4, 0.5) is 0 Å². The van der Waals surface area contributed by atoms with Gasteiger partial charge in [0.05, 0.1) is 13.7 Å². The van der Waals surface area contributed by atoms with Gasteiger partial charge in [-0.2, -0.15) is 0 Å². The Kier molecular flexibility index (Phi) is 4.56. The van der Waals surface area contributed by atoms with Gasteiger partial charge in [-0.3, -0.25) is 4.79 Å². The molecule has 1 aromatic rings. The molecule has 1 amide bonds. The Balaban J connectivity index is 1.58. The van der Waals surface area contributed by atoms with E-state index in [0.717, 1.165) is 32.2 Å². The molecule has 0 aromatic carbocycles. The van der Waals surface area contributed by atoms with Gasteiger partial charge in [0.2, 0.25) is 5.91 Å². The molecule has 0 bridgehead atoms. The molecular weight excluding hydrogens is 282 g/mol. The average molecular weight is 303 g/mol. The summed E-state index contributed by atoms with van der Waals surface area (Å²) >= 11 is 0. The molecule has 0 unspecified atom stereocenters. The third kappa shape index (κ3) is 3.21. The summed E-state index contributed by atoms with van der Waals surface area (Å²) in [5, 5.41) is 0. The third-order valence-corrected chi connectivity index (χ3v) is 4.18. The maximum atomic E-state index is 12.5. The zero-order valence-corrected chi connectivity index (χ0v) is 12.8. The summed E-state index contributed by atoms with van der Waals surface area (Å²) in [6, 6.07) is 0. The molecule has 3 rings (SSSR count). The molecule has 2 aliphatic rings. The molecule has 1 aromatic heterocycles. The first-order valence-corrected chi connectivity index (χ1v) is 7.73. The fraction of sp³-hybridized carbons (Fsp3) is 0.562. The summed E-state index contributed by atoms with van der Waals surface area (Å²) in [6.45, 7) is 1.35. The monoisotopic (exact) mass is 303 g/mol. The van der Waals surface area contributed by atoms with Crippen molar-refractivity contribution >= 4 is 5.91 Å². The highest BCUT2D eigenvalue weighted by Crippen LogP contribution is 2.26. The molecule has 0 saturated carbocycles. The highest BCUT2D eigenvalue weighted by atomic mass is 16.5. The van der Waals surface area contributed by atoms with Gasteiger partial charge in [-0.15, -0.1) is 0 Å². The van der Waals surface area contributed by atoms with E-state index in [9.17, 15) is 4.79 Å². The van der Waals surface area contributed by atoms with Crippen molar-refractivity contribution in [2.75, 3.05) is 20.2 Å². The van der Waals surface area contributed by atoms with Crippen LogP contribution in [-0.2, 0) is 4.79 Å². The topological polar surface area (TPSA) is 64.6 Å². The molecule has 0 radical (unpaired) electrons. The number of amides is 1. The van der Waals surface area contributed by atoms with E-state index in [1.807, 2.05) is 4.90 Å². The number of carbonyl (C=O) groups excluding carboxylic acids is 1. The summed E-state index contributed by atoms with van der Waals surface area (Å²) in [5.41, 5.74) is 0. The van der Waals surface area contributed by atoms with Gasteiger partial charge in [-0.25, -0.2) is 9.97 Å². The molecule has 6 nitrogen and oxygen atoms in total. The van der Waals surface area contributed by atoms with Crippen LogP contribution in [-0.4, -0.2) is 47.1 Å². The molecule has 118 valence electrons. The first kappa shape index (κ1) is 14.8. The summed E-state index contributed by atoms with van der Waals surface area (Å²) in [6.07, 6.45) is 11.0. The van der Waals surface area contributed by atoms with Gasteiger partial charge >= 0.3 is 0 Å². The van der Waals surface area contributed by atoms with Gasteiger partial charge < -0.3 is 14.4 Å². The van der Waals surface area contributed by atoms with Crippen molar-refractivity contribution in [2.45, 2.75) is 31.8 Å². The predicted molar refractivity (Wildman–Crippen MR) is 80.7 cm³/mol. The highest BCUT2D eigenvalue weighted by Gasteiger charge is 2.32. The van der Waals surface area contributed by atoms with Crippen LogP contribution >= 0.6 is 0 Å². The van der Waals surface area contributed by atoms with Crippen LogP contribution in [0.3, 0.4) is 0 Å². The molecule has 6 heteroatoms. The molecule has 22 heavy (non-hydrogen) atoms. The molecule has 1 aliphatic heterocycles. The number of aromatic nitrogens is 2. The van der Waals surface area contributed by atoms with Gasteiger partial charge in [0, 0.05) is 31.3 Å². The molecular formula is C16H21N3O3. The Morgan fingerprint density at radius 2 is 2.05 bits per heavy atom. The lowest BCUT2D eigenvalue weighted by atomic mass is 9.93. The van der Waals surface area contributed by atoms with Crippen molar-refractivity contribution < 1.29 is 14.3 Å². The lowest BCUT2D eigenvalue weighted by molar-refractivity contribution is -0.135. The van der Waals surface area contributed by atoms with Crippen LogP contribution in [0.2, 0.25) is 0 Å². The Bertz CT molecular complexity index is 561. The summed E-state index contributed by atoms with van der Waals surface area (Å²) in [7, 11) is 1.54. The average Bonchev–Trinajstić information content (AvgIpc) is 3.04. The van der Waals surface area contributed by atoms with E-state index in [1.165, 1.54) is 7.11 Å². The fourth-order valence-electron chi connectivity index (χ4n) is 2.99. The number of rotatable bonds is 4. The quantitative estimate of drug-likeness (QED) is 0.794. The van der Waals surface area contributed by atoms with E-state index >= 15 is 0 Å². The molecule has 2 heterocycles. The van der Waals surface area contributed by atoms with E-state index < -0.39 is 0 Å². The second-order valence-electron chi connectivity index (χ2n) is 5.66. The Labute approximate surface area is 130 Å². The number of hydrogen-bond acceptors (Lipinski definition) is 5. The molecule has 1 aliphatic carbocycles. The summed E-state index contributed by atoms with van der Waals surface area (Å²) < 4.78 is 11.0. The number of methoxy groups -OCH3 is 1. The molecule has 1 saturated heterocycles. The highest BCUT2D eigenvalue weighted by molar-refractivity contribution is 5.79. The number of allylic oxidation sites excluding steroid dienone is 2. The normalized spacial score (nSPS) is 24.3. The molecule has 0 spiro atoms. The molecule has 0 N–H and O–H groups in total. The fourth-order valence-corrected chi connectivity index (χ4v) is 2.99. The minimum absolute atomic E-state index is 0.0475. The minimum Gasteiger partial charge on any atom is -0.477 e. The van der Waals surface area contributed by atoms with Crippen molar-refractivity contribution in [3.63, 3.8) is 0 Å². The summed E-state index contributed by atoms with van der Waals surface area (Å²) in [4.78, 5) is 22.6. The van der Waals surface area contributed by atoms with E-state index in [1.54, 1.807) is 12.4 Å². The van der Waals surface area contributed by atoms with Crippen LogP contribution in [0.1, 0.15) is 25.7 Å². The van der Waals surface area contributed by atoms with Crippen molar-refractivity contribution in [3.8, 4) is 11.8 Å². The minimum atomic E-state index is -0.0475. The van der Waals surface area contributed by atoms with Gasteiger partial charge in [-0.05, 0) is 19.3 Å². The van der Waals surface area contributed by atoms with Gasteiger partial charge in [0.15, 0.2) is 0 Å². The maximum Gasteiger partial charge on any atom is 0.278 e. The van der Waals surface area contributed by atoms with Crippen LogP contribution in [0.15, 0.2) is 24.5 Å². The molecule has 2 atom stereocenters. The second-order valence-corrected chi connectivity index (χ2v) is 5.66. The Hall–Kier alpha value is -2.11. The lowest BCUT2D eigenvalue weighted by Gasteiger charge is -2.24. The largest absolute Gasteiger partial charge is 0.477 e. The second kappa shape index (κ2) is 6.77. The van der Waals surface area contributed by atoms with Crippen LogP contribution < -0.4 is 9.47 Å². The summed E-state index contributed by atoms with van der Waals surface area (Å²) in [5.74, 6) is 1.16. The van der Waals surface area contributed by atoms with Gasteiger partial charge in [-0.1, -0.05) is 12.2 Å². The van der Waals surface area contributed by atoms with E-state index in [-0.39, 0.29) is 17.9 Å². The predicted octanol–water partition coefficient (Wildman–Crippen LogP) is 1.82. The Morgan fingerprint density at radius 3 is 2.77 bits per heavy atom. The van der Waals surface area contributed by atoms with Crippen LogP contribution in [0.25, 0.3) is 0 Å².